The van der Waals surface area contributed by atoms with Crippen LogP contribution in [0.15, 0.2) is 43.1 Å². The van der Waals surface area contributed by atoms with E-state index in [2.05, 4.69) is 55.6 Å². The molecule has 260 valence electrons. The Hall–Kier alpha value is -4.65. The fourth-order valence-corrected chi connectivity index (χ4v) is 6.42. The van der Waals surface area contributed by atoms with Gasteiger partial charge in [-0.2, -0.15) is 5.26 Å². The number of tetrazole rings is 1. The standard InChI is InChI=1S/C34H45N11O4/c1-24(19-44-23-38-41-42-44)49-31-15-25(5-6-26(31)16-35)27-17-36-33(37-18-27)39-30-20-45(40-32(30)48-22-34(2,3)21-46-4)29-9-7-28(8-10-29)43-11-13-47-14-12-43/h5-6,15,17-18,20,23-24,28-29H,7-14,19,21-22H2,1-4H3,(H,36,37,39). The second-order valence-electron chi connectivity index (χ2n) is 13.5. The Bertz CT molecular complexity index is 1670. The Kier molecular flexibility index (Phi) is 11.0. The number of hydrogen-bond donors (Lipinski definition) is 1. The molecule has 4 aromatic rings. The summed E-state index contributed by atoms with van der Waals surface area (Å²) in [4.78, 5) is 11.8. The van der Waals surface area contributed by atoms with E-state index in [9.17, 15) is 5.26 Å². The number of ether oxygens (including phenoxy) is 4. The molecule has 2 aliphatic rings. The zero-order chi connectivity index (χ0) is 34.2. The van der Waals surface area contributed by atoms with Crippen molar-refractivity contribution in [3.63, 3.8) is 0 Å². The predicted molar refractivity (Wildman–Crippen MR) is 180 cm³/mol. The Morgan fingerprint density at radius 2 is 1.82 bits per heavy atom. The summed E-state index contributed by atoms with van der Waals surface area (Å²) in [5.41, 5.74) is 2.54. The first-order chi connectivity index (χ1) is 23.8. The zero-order valence-electron chi connectivity index (χ0n) is 28.7. The lowest BCUT2D eigenvalue weighted by atomic mass is 9.90. The van der Waals surface area contributed by atoms with Crippen LogP contribution in [0.5, 0.6) is 11.6 Å². The quantitative estimate of drug-likeness (QED) is 0.202. The van der Waals surface area contributed by atoms with Crippen LogP contribution < -0.4 is 14.8 Å². The van der Waals surface area contributed by atoms with Crippen molar-refractivity contribution in [1.82, 2.24) is 44.9 Å². The van der Waals surface area contributed by atoms with E-state index in [1.807, 2.05) is 29.9 Å². The van der Waals surface area contributed by atoms with Gasteiger partial charge in [0.25, 0.3) is 5.88 Å². The number of nitriles is 1. The molecule has 6 rings (SSSR count). The predicted octanol–water partition coefficient (Wildman–Crippen LogP) is 4.28. The summed E-state index contributed by atoms with van der Waals surface area (Å²) in [5.74, 6) is 1.39. The first-order valence-corrected chi connectivity index (χ1v) is 16.8. The van der Waals surface area contributed by atoms with E-state index in [0.717, 1.165) is 63.1 Å². The number of rotatable bonds is 14. The molecule has 0 radical (unpaired) electrons. The molecule has 49 heavy (non-hydrogen) atoms. The highest BCUT2D eigenvalue weighted by atomic mass is 16.5. The van der Waals surface area contributed by atoms with Gasteiger partial charge in [0, 0.05) is 49.6 Å². The molecule has 1 saturated carbocycles. The van der Waals surface area contributed by atoms with Gasteiger partial charge in [-0.25, -0.2) is 14.6 Å². The molecule has 1 aliphatic carbocycles. The highest BCUT2D eigenvalue weighted by Gasteiger charge is 2.29. The molecule has 1 atom stereocenters. The van der Waals surface area contributed by atoms with Crippen molar-refractivity contribution in [2.45, 2.75) is 71.2 Å². The molecule has 2 fully saturated rings. The average Bonchev–Trinajstić information content (AvgIpc) is 3.78. The van der Waals surface area contributed by atoms with Crippen molar-refractivity contribution < 1.29 is 18.9 Å². The smallest absolute Gasteiger partial charge is 0.256 e. The Morgan fingerprint density at radius 3 is 2.51 bits per heavy atom. The largest absolute Gasteiger partial charge is 0.487 e. The van der Waals surface area contributed by atoms with E-state index in [4.69, 9.17) is 24.0 Å². The minimum absolute atomic E-state index is 0.195. The third kappa shape index (κ3) is 8.88. The molecule has 0 amide bonds. The summed E-state index contributed by atoms with van der Waals surface area (Å²) < 4.78 is 27.0. The fraction of sp³-hybridized carbons (Fsp3) is 0.559. The maximum atomic E-state index is 9.68. The van der Waals surface area contributed by atoms with Gasteiger partial charge in [0.15, 0.2) is 0 Å². The number of hydrogen-bond acceptors (Lipinski definition) is 13. The monoisotopic (exact) mass is 671 g/mol. The van der Waals surface area contributed by atoms with Gasteiger partial charge in [-0.05, 0) is 60.7 Å². The highest BCUT2D eigenvalue weighted by Crippen LogP contribution is 2.35. The van der Waals surface area contributed by atoms with E-state index < -0.39 is 0 Å². The molecule has 4 heterocycles. The molecule has 1 aromatic carbocycles. The Balaban J connectivity index is 1.16. The summed E-state index contributed by atoms with van der Waals surface area (Å²) in [6, 6.07) is 8.51. The number of benzene rings is 1. The molecule has 1 saturated heterocycles. The fourth-order valence-electron chi connectivity index (χ4n) is 6.42. The van der Waals surface area contributed by atoms with E-state index in [1.165, 1.54) is 6.33 Å². The van der Waals surface area contributed by atoms with Crippen LogP contribution in [0, 0.1) is 16.7 Å². The van der Waals surface area contributed by atoms with E-state index in [0.29, 0.717) is 54.6 Å². The molecule has 1 aliphatic heterocycles. The summed E-state index contributed by atoms with van der Waals surface area (Å²) in [6.07, 6.45) is 11.1. The molecule has 15 heteroatoms. The molecule has 0 spiro atoms. The zero-order valence-corrected chi connectivity index (χ0v) is 28.7. The van der Waals surface area contributed by atoms with Crippen LogP contribution in [-0.4, -0.2) is 104 Å². The molecular weight excluding hydrogens is 626 g/mol. The van der Waals surface area contributed by atoms with Crippen molar-refractivity contribution in [3.05, 3.63) is 48.7 Å². The van der Waals surface area contributed by atoms with Crippen LogP contribution >= 0.6 is 0 Å². The normalized spacial score (nSPS) is 19.2. The van der Waals surface area contributed by atoms with Crippen LogP contribution in [0.1, 0.15) is 58.1 Å². The summed E-state index contributed by atoms with van der Waals surface area (Å²) in [7, 11) is 1.70. The molecule has 0 bridgehead atoms. The lowest BCUT2D eigenvalue weighted by Gasteiger charge is -2.38. The molecule has 15 nitrogen and oxygen atoms in total. The van der Waals surface area contributed by atoms with E-state index in [1.54, 1.807) is 30.3 Å². The lowest BCUT2D eigenvalue weighted by molar-refractivity contribution is 0.00499. The topological polar surface area (TPSA) is 163 Å². The lowest BCUT2D eigenvalue weighted by Crippen LogP contribution is -2.45. The van der Waals surface area contributed by atoms with Crippen molar-refractivity contribution in [2.75, 3.05) is 51.9 Å². The summed E-state index contributed by atoms with van der Waals surface area (Å²) >= 11 is 0. The van der Waals surface area contributed by atoms with Crippen molar-refractivity contribution in [1.29, 1.82) is 5.26 Å². The minimum Gasteiger partial charge on any atom is -0.487 e. The molecule has 1 unspecified atom stereocenters. The second-order valence-corrected chi connectivity index (χ2v) is 13.5. The summed E-state index contributed by atoms with van der Waals surface area (Å²) in [5, 5.41) is 29.1. The Morgan fingerprint density at radius 1 is 1.06 bits per heavy atom. The number of aromatic nitrogens is 8. The number of nitrogens with one attached hydrogen (secondary N) is 1. The maximum absolute atomic E-state index is 9.68. The van der Waals surface area contributed by atoms with Gasteiger partial charge < -0.3 is 24.3 Å². The van der Waals surface area contributed by atoms with Gasteiger partial charge >= 0.3 is 0 Å². The number of anilines is 2. The van der Waals surface area contributed by atoms with E-state index in [-0.39, 0.29) is 17.6 Å². The molecule has 1 N–H and O–H groups in total. The number of nitrogens with zero attached hydrogens (tertiary/aromatic N) is 10. The van der Waals surface area contributed by atoms with Crippen molar-refractivity contribution in [3.8, 4) is 28.8 Å². The van der Waals surface area contributed by atoms with Gasteiger partial charge in [0.2, 0.25) is 5.95 Å². The van der Waals surface area contributed by atoms with Crippen molar-refractivity contribution >= 4 is 11.6 Å². The summed E-state index contributed by atoms with van der Waals surface area (Å²) in [6.45, 7) is 11.2. The Labute approximate surface area is 286 Å². The third-order valence-corrected chi connectivity index (χ3v) is 8.93. The average molecular weight is 672 g/mol. The number of morpholine rings is 1. The van der Waals surface area contributed by atoms with E-state index >= 15 is 0 Å². The van der Waals surface area contributed by atoms with Crippen LogP contribution in [0.4, 0.5) is 11.6 Å². The van der Waals surface area contributed by atoms with Crippen LogP contribution in [0.3, 0.4) is 0 Å². The van der Waals surface area contributed by atoms with Crippen molar-refractivity contribution in [2.24, 2.45) is 5.41 Å². The third-order valence-electron chi connectivity index (χ3n) is 8.93. The van der Waals surface area contributed by atoms with Gasteiger partial charge in [0.05, 0.1) is 50.8 Å². The highest BCUT2D eigenvalue weighted by molar-refractivity contribution is 5.67. The minimum atomic E-state index is -0.272. The van der Waals surface area contributed by atoms with Crippen LogP contribution in [-0.2, 0) is 16.0 Å². The van der Waals surface area contributed by atoms with Gasteiger partial charge in [-0.1, -0.05) is 19.9 Å². The first-order valence-electron chi connectivity index (χ1n) is 16.8. The molecular formula is C34H45N11O4. The number of methoxy groups -OCH3 is 1. The molecule has 3 aromatic heterocycles. The van der Waals surface area contributed by atoms with Crippen LogP contribution in [0.25, 0.3) is 11.1 Å². The maximum Gasteiger partial charge on any atom is 0.256 e. The van der Waals surface area contributed by atoms with Gasteiger partial charge in [-0.3, -0.25) is 9.58 Å². The first kappa shape index (κ1) is 34.2. The van der Waals surface area contributed by atoms with Crippen LogP contribution in [0.2, 0.25) is 0 Å². The SMILES string of the molecule is COCC(C)(C)COc1nn(C2CCC(N3CCOCC3)CC2)cc1Nc1ncc(-c2ccc(C#N)c(OC(C)Cn3cnnn3)c2)cn1. The van der Waals surface area contributed by atoms with Gasteiger partial charge in [0.1, 0.15) is 29.9 Å². The van der Waals surface area contributed by atoms with Gasteiger partial charge in [-0.15, -0.1) is 10.2 Å². The second kappa shape index (κ2) is 15.7.